The number of carbonyl (C=O) groups is 1. The minimum absolute atomic E-state index is 0.0638. The third-order valence-corrected chi connectivity index (χ3v) is 5.42. The highest BCUT2D eigenvalue weighted by Crippen LogP contribution is 2.30. The van der Waals surface area contributed by atoms with Crippen molar-refractivity contribution in [2.75, 3.05) is 0 Å². The molecule has 27 heavy (non-hydrogen) atoms. The number of nitrogens with zero attached hydrogens (tertiary/aromatic N) is 1. The molecule has 0 aliphatic heterocycles. The minimum atomic E-state index is -4.40. The zero-order chi connectivity index (χ0) is 19.4. The lowest BCUT2D eigenvalue weighted by Crippen LogP contribution is -2.40. The van der Waals surface area contributed by atoms with Crippen molar-refractivity contribution in [1.82, 2.24) is 10.3 Å². The van der Waals surface area contributed by atoms with Gasteiger partial charge in [-0.1, -0.05) is 12.1 Å². The lowest BCUT2D eigenvalue weighted by Gasteiger charge is -2.29. The summed E-state index contributed by atoms with van der Waals surface area (Å²) in [4.78, 5) is 16.1. The first-order chi connectivity index (χ1) is 12.8. The molecule has 2 aromatic rings. The van der Waals surface area contributed by atoms with Crippen LogP contribution in [0.15, 0.2) is 42.6 Å². The Morgan fingerprint density at radius 3 is 2.41 bits per heavy atom. The molecule has 0 radical (unpaired) electrons. The summed E-state index contributed by atoms with van der Waals surface area (Å²) in [5, 5.41) is 3.04. The molecule has 0 bridgehead atoms. The number of alkyl halides is 3. The Labute approximate surface area is 168 Å². The van der Waals surface area contributed by atoms with Crippen LogP contribution in [-0.2, 0) is 6.18 Å². The van der Waals surface area contributed by atoms with E-state index in [0.717, 1.165) is 28.7 Å². The topological polar surface area (TPSA) is 51.2 Å². The van der Waals surface area contributed by atoms with Gasteiger partial charge in [0.25, 0.3) is 5.91 Å². The van der Waals surface area contributed by atoms with Crippen molar-refractivity contribution in [3.05, 3.63) is 57.3 Å². The number of rotatable bonds is 4. The van der Waals surface area contributed by atoms with Gasteiger partial charge >= 0.3 is 6.18 Å². The second-order valence-corrected chi connectivity index (χ2v) is 7.59. The molecular formula is C19H18F3IN2O2. The molecule has 4 nitrogen and oxygen atoms in total. The highest BCUT2D eigenvalue weighted by Gasteiger charge is 2.31. The van der Waals surface area contributed by atoms with Gasteiger partial charge in [-0.2, -0.15) is 13.2 Å². The first-order valence-corrected chi connectivity index (χ1v) is 9.66. The van der Waals surface area contributed by atoms with E-state index in [1.54, 1.807) is 6.07 Å². The standard InChI is InChI=1S/C19H18F3IN2O2/c20-19(21,22)12-5-10-17(24-11-12)27-14-8-6-13(7-9-14)25-18(26)15-3-1-2-4-16(15)23/h1-5,10-11,13-14H,6-9H2,(H,25,26). The van der Waals surface area contributed by atoms with E-state index in [-0.39, 0.29) is 23.9 Å². The van der Waals surface area contributed by atoms with Crippen LogP contribution in [0.2, 0.25) is 0 Å². The molecule has 1 aromatic carbocycles. The lowest BCUT2D eigenvalue weighted by molar-refractivity contribution is -0.137. The van der Waals surface area contributed by atoms with E-state index >= 15 is 0 Å². The number of halogens is 4. The van der Waals surface area contributed by atoms with E-state index in [9.17, 15) is 18.0 Å². The summed E-state index contributed by atoms with van der Waals surface area (Å²) in [6.45, 7) is 0. The van der Waals surface area contributed by atoms with Crippen molar-refractivity contribution < 1.29 is 22.7 Å². The molecular weight excluding hydrogens is 472 g/mol. The summed E-state index contributed by atoms with van der Waals surface area (Å²) in [6.07, 6.45) is -0.819. The van der Waals surface area contributed by atoms with E-state index in [0.29, 0.717) is 18.4 Å². The minimum Gasteiger partial charge on any atom is -0.474 e. The van der Waals surface area contributed by atoms with E-state index in [1.165, 1.54) is 6.07 Å². The van der Waals surface area contributed by atoms with E-state index < -0.39 is 11.7 Å². The van der Waals surface area contributed by atoms with E-state index in [2.05, 4.69) is 32.9 Å². The van der Waals surface area contributed by atoms with Crippen molar-refractivity contribution in [2.24, 2.45) is 0 Å². The van der Waals surface area contributed by atoms with Crippen molar-refractivity contribution in [2.45, 2.75) is 44.0 Å². The normalized spacial score (nSPS) is 20.1. The van der Waals surface area contributed by atoms with Crippen molar-refractivity contribution >= 4 is 28.5 Å². The average Bonchev–Trinajstić information content (AvgIpc) is 2.63. The van der Waals surface area contributed by atoms with Gasteiger partial charge in [0.1, 0.15) is 6.10 Å². The van der Waals surface area contributed by atoms with Crippen LogP contribution >= 0.6 is 22.6 Å². The second kappa shape index (κ2) is 8.45. The molecule has 144 valence electrons. The highest BCUT2D eigenvalue weighted by atomic mass is 127. The van der Waals surface area contributed by atoms with Crippen molar-refractivity contribution in [1.29, 1.82) is 0 Å². The smallest absolute Gasteiger partial charge is 0.417 e. The summed E-state index contributed by atoms with van der Waals surface area (Å²) in [6, 6.07) is 9.67. The fourth-order valence-corrected chi connectivity index (χ4v) is 3.65. The monoisotopic (exact) mass is 490 g/mol. The van der Waals surface area contributed by atoms with Gasteiger partial charge in [0.15, 0.2) is 0 Å². The molecule has 1 aromatic heterocycles. The second-order valence-electron chi connectivity index (χ2n) is 6.43. The molecule has 1 aliphatic carbocycles. The molecule has 1 heterocycles. The maximum atomic E-state index is 12.6. The average molecular weight is 490 g/mol. The summed E-state index contributed by atoms with van der Waals surface area (Å²) in [5.74, 6) is 0.100. The van der Waals surface area contributed by atoms with Crippen molar-refractivity contribution in [3.63, 3.8) is 0 Å². The van der Waals surface area contributed by atoms with Gasteiger partial charge < -0.3 is 10.1 Å². The van der Waals surface area contributed by atoms with Gasteiger partial charge in [-0.3, -0.25) is 4.79 Å². The number of amides is 1. The largest absolute Gasteiger partial charge is 0.474 e. The highest BCUT2D eigenvalue weighted by molar-refractivity contribution is 14.1. The predicted octanol–water partition coefficient (Wildman–Crippen LogP) is 4.83. The molecule has 0 saturated heterocycles. The van der Waals surface area contributed by atoms with Crippen LogP contribution < -0.4 is 10.1 Å². The third kappa shape index (κ3) is 5.33. The summed E-state index contributed by atoms with van der Waals surface area (Å²) < 4.78 is 44.3. The van der Waals surface area contributed by atoms with Crippen LogP contribution in [0.1, 0.15) is 41.6 Å². The fourth-order valence-electron chi connectivity index (χ4n) is 3.02. The maximum absolute atomic E-state index is 12.6. The molecule has 0 unspecified atom stereocenters. The molecule has 0 spiro atoms. The zero-order valence-electron chi connectivity index (χ0n) is 14.3. The van der Waals surface area contributed by atoms with Crippen LogP contribution in [0.25, 0.3) is 0 Å². The summed E-state index contributed by atoms with van der Waals surface area (Å²) in [7, 11) is 0. The molecule has 0 atom stereocenters. The van der Waals surface area contributed by atoms with E-state index in [1.807, 2.05) is 18.2 Å². The Morgan fingerprint density at radius 2 is 1.81 bits per heavy atom. The quantitative estimate of drug-likeness (QED) is 0.626. The number of hydrogen-bond acceptors (Lipinski definition) is 3. The van der Waals surface area contributed by atoms with Gasteiger partial charge in [0.05, 0.1) is 11.1 Å². The van der Waals surface area contributed by atoms with Gasteiger partial charge in [0, 0.05) is 21.9 Å². The predicted molar refractivity (Wildman–Crippen MR) is 103 cm³/mol. The fraction of sp³-hybridized carbons (Fsp3) is 0.368. The Kier molecular flexibility index (Phi) is 6.23. The first-order valence-electron chi connectivity index (χ1n) is 8.58. The molecule has 1 saturated carbocycles. The SMILES string of the molecule is O=C(NC1CCC(Oc2ccc(C(F)(F)F)cn2)CC1)c1ccccc1I. The molecule has 3 rings (SSSR count). The first kappa shape index (κ1) is 19.9. The Balaban J connectivity index is 1.49. The molecule has 1 fully saturated rings. The third-order valence-electron chi connectivity index (χ3n) is 4.48. The Bertz CT molecular complexity index is 788. The zero-order valence-corrected chi connectivity index (χ0v) is 16.5. The number of aromatic nitrogens is 1. The number of carbonyl (C=O) groups excluding carboxylic acids is 1. The Morgan fingerprint density at radius 1 is 1.11 bits per heavy atom. The van der Waals surface area contributed by atoms with Crippen molar-refractivity contribution in [3.8, 4) is 5.88 Å². The molecule has 1 N–H and O–H groups in total. The molecule has 1 aliphatic rings. The lowest BCUT2D eigenvalue weighted by atomic mass is 9.92. The van der Waals surface area contributed by atoms with Gasteiger partial charge in [0.2, 0.25) is 5.88 Å². The van der Waals surface area contributed by atoms with Crippen LogP contribution in [0, 0.1) is 3.57 Å². The number of nitrogens with one attached hydrogen (secondary N) is 1. The number of ether oxygens (including phenoxy) is 1. The maximum Gasteiger partial charge on any atom is 0.417 e. The van der Waals surface area contributed by atoms with Crippen LogP contribution in [0.3, 0.4) is 0 Å². The van der Waals surface area contributed by atoms with Gasteiger partial charge in [-0.15, -0.1) is 0 Å². The Hall–Kier alpha value is -1.84. The molecule has 1 amide bonds. The van der Waals surface area contributed by atoms with Crippen LogP contribution in [0.4, 0.5) is 13.2 Å². The van der Waals surface area contributed by atoms with Crippen LogP contribution in [0.5, 0.6) is 5.88 Å². The van der Waals surface area contributed by atoms with Crippen LogP contribution in [-0.4, -0.2) is 23.0 Å². The number of benzene rings is 1. The van der Waals surface area contributed by atoms with E-state index in [4.69, 9.17) is 4.74 Å². The number of hydrogen-bond donors (Lipinski definition) is 1. The molecule has 8 heteroatoms. The van der Waals surface area contributed by atoms with Gasteiger partial charge in [-0.05, 0) is 66.5 Å². The van der Waals surface area contributed by atoms with Gasteiger partial charge in [-0.25, -0.2) is 4.98 Å². The summed E-state index contributed by atoms with van der Waals surface area (Å²) >= 11 is 2.13. The number of pyridine rings is 1. The summed E-state index contributed by atoms with van der Waals surface area (Å²) in [5.41, 5.74) is -0.137.